The minimum absolute atomic E-state index is 0.112. The van der Waals surface area contributed by atoms with Crippen LogP contribution in [0.4, 0.5) is 5.13 Å². The summed E-state index contributed by atoms with van der Waals surface area (Å²) in [6.07, 6.45) is 0. The molecular weight excluding hydrogens is 416 g/mol. The summed E-state index contributed by atoms with van der Waals surface area (Å²) in [6, 6.07) is 9.19. The molecule has 154 valence electrons. The van der Waals surface area contributed by atoms with Gasteiger partial charge in [0.15, 0.2) is 0 Å². The fourth-order valence-electron chi connectivity index (χ4n) is 2.08. The van der Waals surface area contributed by atoms with E-state index in [1.54, 1.807) is 20.8 Å². The molecule has 3 aromatic rings. The van der Waals surface area contributed by atoms with Crippen LogP contribution in [0.1, 0.15) is 26.7 Å². The van der Waals surface area contributed by atoms with Gasteiger partial charge in [0.05, 0.1) is 6.54 Å². The van der Waals surface area contributed by atoms with Gasteiger partial charge in [0.25, 0.3) is 10.0 Å². The maximum atomic E-state index is 12.7. The Labute approximate surface area is 172 Å². The van der Waals surface area contributed by atoms with Gasteiger partial charge in [-0.25, -0.2) is 8.42 Å². The zero-order valence-electron chi connectivity index (χ0n) is 16.3. The minimum atomic E-state index is -3.94. The first-order chi connectivity index (χ1) is 13.6. The van der Waals surface area contributed by atoms with Crippen molar-refractivity contribution in [2.24, 2.45) is 5.41 Å². The molecule has 12 heteroatoms. The zero-order valence-corrected chi connectivity index (χ0v) is 17.9. The predicted octanol–water partition coefficient (Wildman–Crippen LogP) is 2.39. The number of anilines is 1. The molecule has 0 aliphatic rings. The molecule has 0 atom stereocenters. The van der Waals surface area contributed by atoms with Crippen LogP contribution in [0.25, 0.3) is 11.4 Å². The molecule has 0 bridgehead atoms. The minimum Gasteiger partial charge on any atom is -0.338 e. The Morgan fingerprint density at radius 2 is 1.90 bits per heavy atom. The number of rotatable bonds is 6. The van der Waals surface area contributed by atoms with Crippen LogP contribution >= 0.6 is 11.3 Å². The van der Waals surface area contributed by atoms with Crippen LogP contribution in [-0.2, 0) is 21.4 Å². The van der Waals surface area contributed by atoms with Gasteiger partial charge in [0.1, 0.15) is 0 Å². The molecule has 0 aliphatic heterocycles. The van der Waals surface area contributed by atoms with Gasteiger partial charge in [-0.1, -0.05) is 67.6 Å². The molecule has 0 radical (unpaired) electrons. The summed E-state index contributed by atoms with van der Waals surface area (Å²) in [6.45, 7) is 5.08. The van der Waals surface area contributed by atoms with Crippen molar-refractivity contribution in [1.29, 1.82) is 0 Å². The molecule has 0 aliphatic carbocycles. The van der Waals surface area contributed by atoms with Gasteiger partial charge in [-0.2, -0.15) is 9.29 Å². The molecule has 2 aromatic heterocycles. The van der Waals surface area contributed by atoms with E-state index in [1.165, 1.54) is 7.05 Å². The molecule has 29 heavy (non-hydrogen) atoms. The summed E-state index contributed by atoms with van der Waals surface area (Å²) in [4.78, 5) is 16.3. The van der Waals surface area contributed by atoms with Crippen LogP contribution < -0.4 is 5.32 Å². The first-order valence-corrected chi connectivity index (χ1v) is 10.8. The average Bonchev–Trinajstić information content (AvgIpc) is 3.31. The van der Waals surface area contributed by atoms with Crippen LogP contribution in [0.3, 0.4) is 0 Å². The number of sulfonamides is 1. The van der Waals surface area contributed by atoms with Crippen LogP contribution in [-0.4, -0.2) is 46.0 Å². The molecule has 0 saturated heterocycles. The van der Waals surface area contributed by atoms with Gasteiger partial charge >= 0.3 is 0 Å². The van der Waals surface area contributed by atoms with E-state index in [0.29, 0.717) is 5.82 Å². The Kier molecular flexibility index (Phi) is 5.78. The second-order valence-corrected chi connectivity index (χ2v) is 10.4. The number of nitrogens with one attached hydrogen (secondary N) is 1. The Morgan fingerprint density at radius 1 is 1.21 bits per heavy atom. The summed E-state index contributed by atoms with van der Waals surface area (Å²) in [5.74, 6) is 0.223. The highest BCUT2D eigenvalue weighted by molar-refractivity contribution is 7.91. The van der Waals surface area contributed by atoms with Crippen LogP contribution in [0.15, 0.2) is 39.2 Å². The lowest BCUT2D eigenvalue weighted by Gasteiger charge is -2.15. The lowest BCUT2D eigenvalue weighted by molar-refractivity contribution is -0.123. The zero-order chi connectivity index (χ0) is 21.2. The predicted molar refractivity (Wildman–Crippen MR) is 106 cm³/mol. The van der Waals surface area contributed by atoms with Crippen molar-refractivity contribution in [3.8, 4) is 11.4 Å². The van der Waals surface area contributed by atoms with Gasteiger partial charge in [0, 0.05) is 18.0 Å². The molecule has 0 saturated carbocycles. The molecule has 0 unspecified atom stereocenters. The molecule has 0 fully saturated rings. The molecule has 3 rings (SSSR count). The normalized spacial score (nSPS) is 12.3. The van der Waals surface area contributed by atoms with E-state index in [9.17, 15) is 13.2 Å². The van der Waals surface area contributed by atoms with Crippen LogP contribution in [0.5, 0.6) is 0 Å². The summed E-state index contributed by atoms with van der Waals surface area (Å²) >= 11 is 0.775. The van der Waals surface area contributed by atoms with E-state index in [-0.39, 0.29) is 27.8 Å². The summed E-state index contributed by atoms with van der Waals surface area (Å²) in [7, 11) is -2.57. The molecular formula is C17H20N6O4S2. The highest BCUT2D eigenvalue weighted by atomic mass is 32.2. The Bertz CT molecular complexity index is 1100. The SMILES string of the molecule is CN(Cc1nc(-c2ccccc2)no1)S(=O)(=O)c1nnc(NC(=O)C(C)(C)C)s1. The second kappa shape index (κ2) is 7.97. The van der Waals surface area contributed by atoms with Crippen molar-refractivity contribution < 1.29 is 17.7 Å². The first-order valence-electron chi connectivity index (χ1n) is 8.56. The van der Waals surface area contributed by atoms with Crippen molar-refractivity contribution in [3.05, 3.63) is 36.2 Å². The van der Waals surface area contributed by atoms with E-state index in [0.717, 1.165) is 21.2 Å². The first kappa shape index (κ1) is 21.0. The monoisotopic (exact) mass is 436 g/mol. The fraction of sp³-hybridized carbons (Fsp3) is 0.353. The topological polar surface area (TPSA) is 131 Å². The van der Waals surface area contributed by atoms with Crippen molar-refractivity contribution in [2.75, 3.05) is 12.4 Å². The summed E-state index contributed by atoms with van der Waals surface area (Å²) < 4.78 is 31.4. The lowest BCUT2D eigenvalue weighted by atomic mass is 9.96. The van der Waals surface area contributed by atoms with E-state index in [1.807, 2.05) is 30.3 Å². The number of hydrogen-bond donors (Lipinski definition) is 1. The quantitative estimate of drug-likeness (QED) is 0.583. The van der Waals surface area contributed by atoms with Crippen molar-refractivity contribution >= 4 is 32.4 Å². The van der Waals surface area contributed by atoms with Gasteiger partial charge < -0.3 is 9.84 Å². The smallest absolute Gasteiger partial charge is 0.272 e. The standard InChI is InChI=1S/C17H20N6O4S2/c1-17(2,3)14(24)19-15-20-21-16(28-15)29(25,26)23(4)10-12-18-13(22-27-12)11-8-6-5-7-9-11/h5-9H,10H2,1-4H3,(H,19,20,24). The molecule has 1 amide bonds. The van der Waals surface area contributed by atoms with E-state index in [2.05, 4.69) is 25.7 Å². The van der Waals surface area contributed by atoms with Crippen molar-refractivity contribution in [2.45, 2.75) is 31.7 Å². The largest absolute Gasteiger partial charge is 0.338 e. The highest BCUT2D eigenvalue weighted by Crippen LogP contribution is 2.25. The Morgan fingerprint density at radius 3 is 2.55 bits per heavy atom. The van der Waals surface area contributed by atoms with Crippen molar-refractivity contribution in [3.63, 3.8) is 0 Å². The maximum Gasteiger partial charge on any atom is 0.272 e. The third-order valence-electron chi connectivity index (χ3n) is 3.80. The third-order valence-corrected chi connectivity index (χ3v) is 6.79. The molecule has 2 heterocycles. The van der Waals surface area contributed by atoms with Crippen LogP contribution in [0, 0.1) is 5.41 Å². The molecule has 10 nitrogen and oxygen atoms in total. The maximum absolute atomic E-state index is 12.7. The highest BCUT2D eigenvalue weighted by Gasteiger charge is 2.29. The van der Waals surface area contributed by atoms with Gasteiger partial charge in [0.2, 0.25) is 27.1 Å². The van der Waals surface area contributed by atoms with E-state index in [4.69, 9.17) is 4.52 Å². The fourth-order valence-corrected chi connectivity index (χ4v) is 4.28. The average molecular weight is 437 g/mol. The molecule has 0 spiro atoms. The molecule has 1 N–H and O–H groups in total. The number of carbonyl (C=O) groups is 1. The van der Waals surface area contributed by atoms with Crippen molar-refractivity contribution in [1.82, 2.24) is 24.6 Å². The Balaban J connectivity index is 1.72. The van der Waals surface area contributed by atoms with Gasteiger partial charge in [-0.3, -0.25) is 4.79 Å². The second-order valence-electron chi connectivity index (χ2n) is 7.22. The number of amides is 1. The summed E-state index contributed by atoms with van der Waals surface area (Å²) in [5, 5.41) is 14.0. The lowest BCUT2D eigenvalue weighted by Crippen LogP contribution is -2.27. The van der Waals surface area contributed by atoms with Gasteiger partial charge in [-0.15, -0.1) is 10.2 Å². The number of hydrogen-bond acceptors (Lipinski definition) is 9. The van der Waals surface area contributed by atoms with Gasteiger partial charge in [-0.05, 0) is 0 Å². The van der Waals surface area contributed by atoms with E-state index >= 15 is 0 Å². The summed E-state index contributed by atoms with van der Waals surface area (Å²) in [5.41, 5.74) is 0.118. The third kappa shape index (κ3) is 4.83. The molecule has 1 aromatic carbocycles. The number of carbonyl (C=O) groups excluding carboxylic acids is 1. The van der Waals surface area contributed by atoms with E-state index < -0.39 is 15.4 Å². The number of benzene rings is 1. The number of aromatic nitrogens is 4. The van der Waals surface area contributed by atoms with Crippen LogP contribution in [0.2, 0.25) is 0 Å². The number of nitrogens with zero attached hydrogens (tertiary/aromatic N) is 5. The Hall–Kier alpha value is -2.70.